The van der Waals surface area contributed by atoms with Crippen LogP contribution in [-0.2, 0) is 32.9 Å². The van der Waals surface area contributed by atoms with Gasteiger partial charge in [-0.25, -0.2) is 4.57 Å². The Bertz CT molecular complexity index is 1040. The zero-order valence-corrected chi connectivity index (χ0v) is 31.2. The van der Waals surface area contributed by atoms with Crippen LogP contribution in [0.15, 0.2) is 60.8 Å². The largest absolute Gasteiger partial charge is 0.469 e. The second-order valence-corrected chi connectivity index (χ2v) is 13.5. The average Bonchev–Trinajstić information content (AvgIpc) is 3.06. The number of phosphoric acid groups is 1. The minimum absolute atomic E-state index is 0.143. The molecule has 0 radical (unpaired) electrons. The molecule has 0 saturated heterocycles. The summed E-state index contributed by atoms with van der Waals surface area (Å²) in [4.78, 5) is 54.3. The van der Waals surface area contributed by atoms with Gasteiger partial charge < -0.3 is 19.3 Å². The van der Waals surface area contributed by atoms with Crippen molar-refractivity contribution in [3.8, 4) is 0 Å². The number of rotatable bonds is 33. The number of allylic oxidation sites excluding steroid dienone is 10. The molecule has 0 heterocycles. The predicted molar refractivity (Wildman–Crippen MR) is 198 cm³/mol. The lowest BCUT2D eigenvalue weighted by molar-refractivity contribution is -0.161. The van der Waals surface area contributed by atoms with Crippen molar-refractivity contribution >= 4 is 25.5 Å². The zero-order chi connectivity index (χ0) is 36.3. The van der Waals surface area contributed by atoms with Gasteiger partial charge in [0.05, 0.1) is 6.61 Å². The number of carbonyl (C=O) groups excluding carboxylic acids is 3. The van der Waals surface area contributed by atoms with Crippen molar-refractivity contribution in [1.29, 1.82) is 0 Å². The lowest BCUT2D eigenvalue weighted by Gasteiger charge is -2.18. The van der Waals surface area contributed by atoms with Gasteiger partial charge in [0, 0.05) is 19.3 Å². The number of esters is 2. The topological polar surface area (TPSA) is 136 Å². The molecule has 0 unspecified atom stereocenters. The van der Waals surface area contributed by atoms with Crippen LogP contribution >= 0.6 is 7.82 Å². The van der Waals surface area contributed by atoms with Crippen molar-refractivity contribution in [2.45, 2.75) is 155 Å². The first-order chi connectivity index (χ1) is 23.7. The van der Waals surface area contributed by atoms with E-state index in [1.165, 1.54) is 19.3 Å². The molecule has 0 aliphatic carbocycles. The number of carbonyl (C=O) groups is 3. The molecule has 2 N–H and O–H groups in total. The Balaban J connectivity index is 4.13. The molecule has 0 aromatic carbocycles. The summed E-state index contributed by atoms with van der Waals surface area (Å²) in [6, 6.07) is 0. The fourth-order valence-electron chi connectivity index (χ4n) is 4.65. The van der Waals surface area contributed by atoms with Gasteiger partial charge in [-0.05, 0) is 76.7 Å². The molecular formula is C39H65O9P. The molecule has 0 saturated carbocycles. The van der Waals surface area contributed by atoms with Crippen LogP contribution in [0.2, 0.25) is 0 Å². The standard InChI is InChI=1S/C39H65O9P/c1-3-5-7-8-9-10-11-12-13-14-15-18-22-25-29-33-39(42)48-37(35-47-49(43,44)45)34-46-38(41)32-28-24-21-19-16-17-20-23-27-31-36(40)30-26-6-4-2/h9-10,12-13,15,18,20,23,27,31,37H,3-8,11,14,16-17,19,21-22,24-26,28-30,32-35H2,1-2H3,(H2,43,44,45)/b10-9-,13-12-,18-15-,23-20-,31-27+/t37-/m1/s1. The molecule has 0 aromatic rings. The van der Waals surface area contributed by atoms with Crippen molar-refractivity contribution in [3.63, 3.8) is 0 Å². The zero-order valence-electron chi connectivity index (χ0n) is 30.3. The third kappa shape index (κ3) is 36.5. The first-order valence-electron chi connectivity index (χ1n) is 18.5. The van der Waals surface area contributed by atoms with Gasteiger partial charge in [0.25, 0.3) is 0 Å². The summed E-state index contributed by atoms with van der Waals surface area (Å²) >= 11 is 0. The Kier molecular flexibility index (Phi) is 32.1. The van der Waals surface area contributed by atoms with Crippen molar-refractivity contribution in [2.24, 2.45) is 0 Å². The number of unbranched alkanes of at least 4 members (excludes halogenated alkanes) is 12. The highest BCUT2D eigenvalue weighted by atomic mass is 31.2. The molecular weight excluding hydrogens is 643 g/mol. The van der Waals surface area contributed by atoms with Crippen LogP contribution in [0.1, 0.15) is 149 Å². The lowest BCUT2D eigenvalue weighted by Crippen LogP contribution is -2.29. The molecule has 0 aliphatic rings. The second-order valence-electron chi connectivity index (χ2n) is 12.2. The quantitative estimate of drug-likeness (QED) is 0.0170. The fourth-order valence-corrected chi connectivity index (χ4v) is 5.01. The number of hydrogen-bond acceptors (Lipinski definition) is 7. The summed E-state index contributed by atoms with van der Waals surface area (Å²) in [7, 11) is -4.78. The molecule has 0 spiro atoms. The van der Waals surface area contributed by atoms with E-state index in [-0.39, 0.29) is 25.2 Å². The van der Waals surface area contributed by atoms with Crippen LogP contribution in [0, 0.1) is 0 Å². The molecule has 1 atom stereocenters. The SMILES string of the molecule is CCCCC/C=C\C/C=C\C/C=C\CCCCC(=O)O[C@H](COC(=O)CCCCCCC/C=C\C=C\C(=O)CCCCC)COP(=O)(O)O. The van der Waals surface area contributed by atoms with Gasteiger partial charge >= 0.3 is 19.8 Å². The van der Waals surface area contributed by atoms with Crippen LogP contribution in [0.3, 0.4) is 0 Å². The fraction of sp³-hybridized carbons (Fsp3) is 0.667. The average molecular weight is 709 g/mol. The normalized spacial score (nSPS) is 13.1. The lowest BCUT2D eigenvalue weighted by atomic mass is 10.1. The van der Waals surface area contributed by atoms with Crippen LogP contribution in [-0.4, -0.2) is 46.8 Å². The van der Waals surface area contributed by atoms with Crippen LogP contribution in [0.5, 0.6) is 0 Å². The van der Waals surface area contributed by atoms with E-state index in [0.29, 0.717) is 19.3 Å². The number of phosphoric ester groups is 1. The van der Waals surface area contributed by atoms with E-state index in [4.69, 9.17) is 19.3 Å². The van der Waals surface area contributed by atoms with E-state index in [2.05, 4.69) is 60.9 Å². The molecule has 0 aliphatic heterocycles. The monoisotopic (exact) mass is 708 g/mol. The Morgan fingerprint density at radius 2 is 1.10 bits per heavy atom. The van der Waals surface area contributed by atoms with Gasteiger partial charge in [-0.2, -0.15) is 0 Å². The van der Waals surface area contributed by atoms with Gasteiger partial charge in [0.15, 0.2) is 11.9 Å². The maximum Gasteiger partial charge on any atom is 0.469 e. The Morgan fingerprint density at radius 3 is 1.78 bits per heavy atom. The Morgan fingerprint density at radius 1 is 0.592 bits per heavy atom. The third-order valence-corrected chi connectivity index (χ3v) is 7.97. The molecule has 10 heteroatoms. The van der Waals surface area contributed by atoms with Gasteiger partial charge in [0.2, 0.25) is 0 Å². The summed E-state index contributed by atoms with van der Waals surface area (Å²) in [5.41, 5.74) is 0. The first kappa shape index (κ1) is 46.4. The molecule has 0 aromatic heterocycles. The minimum Gasteiger partial charge on any atom is -0.462 e. The summed E-state index contributed by atoms with van der Waals surface area (Å²) in [5, 5.41) is 0. The summed E-state index contributed by atoms with van der Waals surface area (Å²) in [6.07, 6.45) is 37.8. The van der Waals surface area contributed by atoms with Crippen molar-refractivity contribution < 1.29 is 42.7 Å². The van der Waals surface area contributed by atoms with Crippen molar-refractivity contribution in [2.75, 3.05) is 13.2 Å². The molecule has 9 nitrogen and oxygen atoms in total. The van der Waals surface area contributed by atoms with Crippen LogP contribution in [0.25, 0.3) is 0 Å². The second kappa shape index (κ2) is 33.9. The van der Waals surface area contributed by atoms with E-state index in [1.807, 2.05) is 6.08 Å². The van der Waals surface area contributed by atoms with Crippen molar-refractivity contribution in [1.82, 2.24) is 0 Å². The maximum absolute atomic E-state index is 12.3. The van der Waals surface area contributed by atoms with E-state index in [1.54, 1.807) is 12.2 Å². The van der Waals surface area contributed by atoms with Gasteiger partial charge in [0.1, 0.15) is 6.61 Å². The van der Waals surface area contributed by atoms with E-state index in [0.717, 1.165) is 83.5 Å². The third-order valence-electron chi connectivity index (χ3n) is 7.49. The highest BCUT2D eigenvalue weighted by Crippen LogP contribution is 2.35. The summed E-state index contributed by atoms with van der Waals surface area (Å²) in [5.74, 6) is -0.827. The van der Waals surface area contributed by atoms with Crippen LogP contribution in [0.4, 0.5) is 0 Å². The van der Waals surface area contributed by atoms with Gasteiger partial charge in [-0.3, -0.25) is 18.9 Å². The molecule has 0 bridgehead atoms. The molecule has 280 valence electrons. The van der Waals surface area contributed by atoms with Crippen molar-refractivity contribution in [3.05, 3.63) is 60.8 Å². The Hall–Kier alpha value is -2.58. The van der Waals surface area contributed by atoms with Gasteiger partial charge in [-0.1, -0.05) is 113 Å². The van der Waals surface area contributed by atoms with E-state index < -0.39 is 32.5 Å². The maximum atomic E-state index is 12.3. The summed E-state index contributed by atoms with van der Waals surface area (Å²) in [6.45, 7) is 3.42. The number of ether oxygens (including phenoxy) is 2. The highest BCUT2D eigenvalue weighted by Gasteiger charge is 2.22. The smallest absolute Gasteiger partial charge is 0.462 e. The predicted octanol–water partition coefficient (Wildman–Crippen LogP) is 10.1. The molecule has 0 rings (SSSR count). The Labute approximate surface area is 296 Å². The number of ketones is 1. The summed E-state index contributed by atoms with van der Waals surface area (Å²) < 4.78 is 26.2. The van der Waals surface area contributed by atoms with Crippen LogP contribution < -0.4 is 0 Å². The minimum atomic E-state index is -4.78. The van der Waals surface area contributed by atoms with E-state index in [9.17, 15) is 18.9 Å². The molecule has 0 fully saturated rings. The molecule has 49 heavy (non-hydrogen) atoms. The number of hydrogen-bond donors (Lipinski definition) is 2. The highest BCUT2D eigenvalue weighted by molar-refractivity contribution is 7.46. The molecule has 0 amide bonds. The van der Waals surface area contributed by atoms with E-state index >= 15 is 0 Å². The first-order valence-corrected chi connectivity index (χ1v) is 20.1. The van der Waals surface area contributed by atoms with Gasteiger partial charge in [-0.15, -0.1) is 0 Å².